The van der Waals surface area contributed by atoms with Gasteiger partial charge in [-0.05, 0) is 56.3 Å². The summed E-state index contributed by atoms with van der Waals surface area (Å²) in [5.41, 5.74) is 0.743. The highest BCUT2D eigenvalue weighted by Gasteiger charge is 2.33. The van der Waals surface area contributed by atoms with E-state index in [-0.39, 0.29) is 18.8 Å². The number of rotatable bonds is 7. The van der Waals surface area contributed by atoms with Crippen molar-refractivity contribution in [3.05, 3.63) is 75.6 Å². The molecule has 0 spiro atoms. The van der Waals surface area contributed by atoms with Crippen LogP contribution in [0.2, 0.25) is 5.02 Å². The number of ether oxygens (including phenoxy) is 1. The van der Waals surface area contributed by atoms with Crippen molar-refractivity contribution in [2.24, 2.45) is 0 Å². The largest absolute Gasteiger partial charge is 0.489 e. The zero-order chi connectivity index (χ0) is 25.0. The van der Waals surface area contributed by atoms with E-state index in [1.807, 2.05) is 6.92 Å². The number of hydrogen-bond donors (Lipinski definition) is 1. The smallest absolute Gasteiger partial charge is 0.417 e. The number of nitrogens with one attached hydrogen (secondary N) is 1. The van der Waals surface area contributed by atoms with Crippen LogP contribution in [0, 0.1) is 13.8 Å². The number of hydrogen-bond acceptors (Lipinski definition) is 5. The number of likely N-dealkylation sites (N-methyl/N-ethyl adjacent to an activating group) is 1. The second-order valence-corrected chi connectivity index (χ2v) is 7.92. The molecule has 1 heterocycles. The second-order valence-electron chi connectivity index (χ2n) is 7.52. The molecule has 0 fully saturated rings. The van der Waals surface area contributed by atoms with E-state index in [1.54, 1.807) is 31.2 Å². The van der Waals surface area contributed by atoms with Crippen molar-refractivity contribution < 1.29 is 32.0 Å². The van der Waals surface area contributed by atoms with E-state index in [0.29, 0.717) is 17.1 Å². The Kier molecular flexibility index (Phi) is 7.51. The minimum atomic E-state index is -4.66. The lowest BCUT2D eigenvalue weighted by Gasteiger charge is -2.18. The summed E-state index contributed by atoms with van der Waals surface area (Å²) in [7, 11) is 1.41. The predicted molar refractivity (Wildman–Crippen MR) is 119 cm³/mol. The van der Waals surface area contributed by atoms with Crippen molar-refractivity contribution in [3.8, 4) is 5.75 Å². The molecule has 0 radical (unpaired) electrons. The monoisotopic (exact) mass is 495 g/mol. The Labute approximate surface area is 198 Å². The lowest BCUT2D eigenvalue weighted by molar-refractivity contribution is -0.137. The van der Waals surface area contributed by atoms with Gasteiger partial charge in [0.25, 0.3) is 5.91 Å². The van der Waals surface area contributed by atoms with Gasteiger partial charge in [0.1, 0.15) is 18.1 Å². The molecule has 7 nitrogen and oxygen atoms in total. The van der Waals surface area contributed by atoms with Crippen LogP contribution in [0.1, 0.15) is 32.9 Å². The lowest BCUT2D eigenvalue weighted by Crippen LogP contribution is -2.34. The number of aryl methyl sites for hydroxylation is 2. The molecule has 0 aliphatic heterocycles. The molecule has 0 aliphatic carbocycles. The molecule has 1 aromatic heterocycles. The van der Waals surface area contributed by atoms with Crippen molar-refractivity contribution >= 4 is 29.1 Å². The number of amides is 2. The maximum atomic E-state index is 13.0. The van der Waals surface area contributed by atoms with Crippen molar-refractivity contribution in [1.82, 2.24) is 10.1 Å². The van der Waals surface area contributed by atoms with Crippen molar-refractivity contribution in [1.29, 1.82) is 0 Å². The SMILES string of the molecule is Cc1noc(C)c1COc1ccc(C(=O)N(C)CC(=O)Nc2ccc(Cl)c(C(F)(F)F)c2)cc1. The maximum Gasteiger partial charge on any atom is 0.417 e. The van der Waals surface area contributed by atoms with Gasteiger partial charge in [0.05, 0.1) is 28.4 Å². The molecule has 2 aromatic carbocycles. The first kappa shape index (κ1) is 25.1. The van der Waals surface area contributed by atoms with Crippen molar-refractivity contribution in [2.45, 2.75) is 26.6 Å². The third-order valence-electron chi connectivity index (χ3n) is 4.95. The highest BCUT2D eigenvalue weighted by molar-refractivity contribution is 6.31. The van der Waals surface area contributed by atoms with Crippen LogP contribution >= 0.6 is 11.6 Å². The standard InChI is InChI=1S/C23H21ClF3N3O4/c1-13-18(14(2)34-29-13)12-33-17-7-4-15(5-8-17)22(32)30(3)11-21(31)28-16-6-9-20(24)19(10-16)23(25,26)27/h4-10H,11-12H2,1-3H3,(H,28,31). The number of benzene rings is 2. The van der Waals surface area contributed by atoms with Crippen LogP contribution in [0.15, 0.2) is 47.0 Å². The molecule has 0 aliphatic rings. The van der Waals surface area contributed by atoms with E-state index in [4.69, 9.17) is 20.9 Å². The van der Waals surface area contributed by atoms with Crippen LogP contribution in [0.5, 0.6) is 5.75 Å². The van der Waals surface area contributed by atoms with Crippen molar-refractivity contribution in [2.75, 3.05) is 18.9 Å². The Hall–Kier alpha value is -3.53. The van der Waals surface area contributed by atoms with E-state index in [0.717, 1.165) is 28.3 Å². The van der Waals surface area contributed by atoms with E-state index in [9.17, 15) is 22.8 Å². The number of aromatic nitrogens is 1. The Morgan fingerprint density at radius 3 is 2.41 bits per heavy atom. The minimum absolute atomic E-state index is 0.0811. The first-order valence-electron chi connectivity index (χ1n) is 10.0. The molecule has 1 N–H and O–H groups in total. The number of carbonyl (C=O) groups is 2. The zero-order valence-electron chi connectivity index (χ0n) is 18.5. The Balaban J connectivity index is 1.57. The summed E-state index contributed by atoms with van der Waals surface area (Å²) in [6.45, 7) is 3.49. The summed E-state index contributed by atoms with van der Waals surface area (Å²) in [4.78, 5) is 26.0. The molecule has 2 amide bonds. The molecule has 3 aromatic rings. The number of nitrogens with zero attached hydrogens (tertiary/aromatic N) is 2. The lowest BCUT2D eigenvalue weighted by atomic mass is 10.2. The Morgan fingerprint density at radius 2 is 1.82 bits per heavy atom. The van der Waals surface area contributed by atoms with Gasteiger partial charge in [0.15, 0.2) is 0 Å². The van der Waals surface area contributed by atoms with Crippen LogP contribution in [-0.2, 0) is 17.6 Å². The fourth-order valence-electron chi connectivity index (χ4n) is 3.09. The van der Waals surface area contributed by atoms with Crippen LogP contribution in [0.25, 0.3) is 0 Å². The van der Waals surface area contributed by atoms with Gasteiger partial charge in [-0.15, -0.1) is 0 Å². The van der Waals surface area contributed by atoms with Gasteiger partial charge in [-0.1, -0.05) is 16.8 Å². The van der Waals surface area contributed by atoms with Gasteiger partial charge in [-0.3, -0.25) is 9.59 Å². The first-order valence-corrected chi connectivity index (χ1v) is 10.4. The molecule has 0 unspecified atom stereocenters. The minimum Gasteiger partial charge on any atom is -0.489 e. The summed E-state index contributed by atoms with van der Waals surface area (Å²) in [5.74, 6) is 0.0859. The average Bonchev–Trinajstić information content (AvgIpc) is 3.09. The van der Waals surface area contributed by atoms with Crippen LogP contribution in [0.4, 0.5) is 18.9 Å². The topological polar surface area (TPSA) is 84.7 Å². The summed E-state index contributed by atoms with van der Waals surface area (Å²) >= 11 is 5.58. The molecule has 34 heavy (non-hydrogen) atoms. The zero-order valence-corrected chi connectivity index (χ0v) is 19.3. The third kappa shape index (κ3) is 6.07. The third-order valence-corrected chi connectivity index (χ3v) is 5.28. The van der Waals surface area contributed by atoms with Crippen LogP contribution in [0.3, 0.4) is 0 Å². The molecule has 180 valence electrons. The van der Waals surface area contributed by atoms with Crippen LogP contribution < -0.4 is 10.1 Å². The van der Waals surface area contributed by atoms with Crippen LogP contribution in [-0.4, -0.2) is 35.5 Å². The summed E-state index contributed by atoms with van der Waals surface area (Å²) in [5, 5.41) is 5.73. The number of anilines is 1. The molecular formula is C23H21ClF3N3O4. The average molecular weight is 496 g/mol. The van der Waals surface area contributed by atoms with Crippen molar-refractivity contribution in [3.63, 3.8) is 0 Å². The molecule has 0 atom stereocenters. The van der Waals surface area contributed by atoms with E-state index in [2.05, 4.69) is 10.5 Å². The second kappa shape index (κ2) is 10.2. The van der Waals surface area contributed by atoms with Gasteiger partial charge in [0.2, 0.25) is 5.91 Å². The molecule has 0 saturated heterocycles. The fourth-order valence-corrected chi connectivity index (χ4v) is 3.31. The van der Waals surface area contributed by atoms with Gasteiger partial charge < -0.3 is 19.5 Å². The summed E-state index contributed by atoms with van der Waals surface area (Å²) in [6.07, 6.45) is -4.66. The highest BCUT2D eigenvalue weighted by atomic mass is 35.5. The normalized spacial score (nSPS) is 11.3. The van der Waals surface area contributed by atoms with Gasteiger partial charge >= 0.3 is 6.18 Å². The fraction of sp³-hybridized carbons (Fsp3) is 0.261. The highest BCUT2D eigenvalue weighted by Crippen LogP contribution is 2.36. The number of carbonyl (C=O) groups excluding carboxylic acids is 2. The summed E-state index contributed by atoms with van der Waals surface area (Å²) < 4.78 is 49.8. The molecule has 11 heteroatoms. The predicted octanol–water partition coefficient (Wildman–Crippen LogP) is 5.25. The Bertz CT molecular complexity index is 1170. The van der Waals surface area contributed by atoms with Gasteiger partial charge in [-0.25, -0.2) is 0 Å². The molecule has 3 rings (SSSR count). The van der Waals surface area contributed by atoms with Gasteiger partial charge in [0, 0.05) is 18.3 Å². The molecule has 0 saturated carbocycles. The van der Waals surface area contributed by atoms with E-state index in [1.165, 1.54) is 13.1 Å². The molecular weight excluding hydrogens is 475 g/mol. The maximum absolute atomic E-state index is 13.0. The van der Waals surface area contributed by atoms with E-state index >= 15 is 0 Å². The number of alkyl halides is 3. The number of halogens is 4. The Morgan fingerprint density at radius 1 is 1.15 bits per heavy atom. The van der Waals surface area contributed by atoms with E-state index < -0.39 is 28.6 Å². The first-order chi connectivity index (χ1) is 16.0. The van der Waals surface area contributed by atoms with Gasteiger partial charge in [-0.2, -0.15) is 13.2 Å². The molecule has 0 bridgehead atoms. The summed E-state index contributed by atoms with van der Waals surface area (Å²) in [6, 6.07) is 9.37. The quantitative estimate of drug-likeness (QED) is 0.483.